The van der Waals surface area contributed by atoms with Crippen LogP contribution in [0, 0.1) is 0 Å². The normalized spacial score (nSPS) is 44.7. The van der Waals surface area contributed by atoms with Crippen molar-refractivity contribution in [2.45, 2.75) is 68.3 Å². The van der Waals surface area contributed by atoms with Crippen LogP contribution in [-0.2, 0) is 19.0 Å². The zero-order chi connectivity index (χ0) is 19.6. The third-order valence-corrected chi connectivity index (χ3v) is 4.36. The van der Waals surface area contributed by atoms with Gasteiger partial charge in [0.1, 0.15) is 48.8 Å². The molecular weight excluding hydrogens is 358 g/mol. The molecule has 0 aromatic rings. The molecule has 0 unspecified atom stereocenters. The lowest BCUT2D eigenvalue weighted by atomic mass is 9.96. The van der Waals surface area contributed by atoms with Gasteiger partial charge in [0.15, 0.2) is 12.6 Å². The van der Waals surface area contributed by atoms with E-state index in [-0.39, 0.29) is 0 Å². The fourth-order valence-electron chi connectivity index (χ4n) is 3.00. The molecule has 2 aliphatic heterocycles. The number of hydrogen-bond donors (Lipinski definition) is 8. The SMILES string of the molecule is CC(=O)N[C@@H]1[C@@H](O)[C@H](O[C@@H]2O[C@@H]([C@@H](O)CO)[C@H](O)[C@H]2O)[C@@H](CO)O[C@@H]1O. The highest BCUT2D eigenvalue weighted by atomic mass is 16.7. The molecule has 1 amide bonds. The molecule has 0 aliphatic carbocycles. The van der Waals surface area contributed by atoms with E-state index in [1.165, 1.54) is 0 Å². The van der Waals surface area contributed by atoms with Crippen LogP contribution in [0.4, 0.5) is 0 Å². The zero-order valence-corrected chi connectivity index (χ0v) is 14.0. The first-order chi connectivity index (χ1) is 12.2. The van der Waals surface area contributed by atoms with Crippen molar-refractivity contribution in [3.8, 4) is 0 Å². The summed E-state index contributed by atoms with van der Waals surface area (Å²) in [6, 6.07) is -1.28. The van der Waals surface area contributed by atoms with Gasteiger partial charge in [0, 0.05) is 6.92 Å². The first-order valence-corrected chi connectivity index (χ1v) is 8.06. The van der Waals surface area contributed by atoms with E-state index in [9.17, 15) is 35.4 Å². The highest BCUT2D eigenvalue weighted by Crippen LogP contribution is 2.30. The maximum Gasteiger partial charge on any atom is 0.217 e. The number of rotatable bonds is 6. The molecule has 2 saturated heterocycles. The highest BCUT2D eigenvalue weighted by Gasteiger charge is 2.51. The molecule has 8 N–H and O–H groups in total. The quantitative estimate of drug-likeness (QED) is 0.218. The van der Waals surface area contributed by atoms with Crippen molar-refractivity contribution in [3.05, 3.63) is 0 Å². The number of carbonyl (C=O) groups excluding carboxylic acids is 1. The highest BCUT2D eigenvalue weighted by molar-refractivity contribution is 5.73. The van der Waals surface area contributed by atoms with Gasteiger partial charge >= 0.3 is 0 Å². The van der Waals surface area contributed by atoms with Crippen molar-refractivity contribution in [1.29, 1.82) is 0 Å². The molecule has 0 radical (unpaired) electrons. The Morgan fingerprint density at radius 2 is 1.77 bits per heavy atom. The Labute approximate surface area is 148 Å². The second-order valence-corrected chi connectivity index (χ2v) is 6.27. The standard InChI is InChI=1S/C14H25NO11/c1-4(18)15-7-8(20)12(6(3-17)24-13(7)23)26-14-10(22)9(21)11(25-14)5(19)2-16/h5-14,16-17,19-23H,2-3H2,1H3,(H,15,18)/t5-,6+,7+,8+,9+,10+,11-,12+,13-,14-/m0/s1. The van der Waals surface area contributed by atoms with Crippen molar-refractivity contribution in [2.75, 3.05) is 13.2 Å². The van der Waals surface area contributed by atoms with E-state index >= 15 is 0 Å². The number of aliphatic hydroxyl groups is 7. The lowest BCUT2D eigenvalue weighted by Crippen LogP contribution is -2.65. The predicted octanol–water partition coefficient (Wildman–Crippen LogP) is -5.25. The Morgan fingerprint density at radius 1 is 1.12 bits per heavy atom. The number of hydrogen-bond acceptors (Lipinski definition) is 11. The molecule has 0 aromatic heterocycles. The smallest absolute Gasteiger partial charge is 0.217 e. The van der Waals surface area contributed by atoms with E-state index in [0.717, 1.165) is 6.92 Å². The topological polar surface area (TPSA) is 198 Å². The first-order valence-electron chi connectivity index (χ1n) is 8.06. The Kier molecular flexibility index (Phi) is 7.27. The molecule has 12 heteroatoms. The van der Waals surface area contributed by atoms with Gasteiger partial charge in [0.2, 0.25) is 5.91 Å². The summed E-state index contributed by atoms with van der Waals surface area (Å²) >= 11 is 0. The van der Waals surface area contributed by atoms with Crippen molar-refractivity contribution in [1.82, 2.24) is 5.32 Å². The van der Waals surface area contributed by atoms with E-state index < -0.39 is 80.5 Å². The molecule has 152 valence electrons. The Bertz CT molecular complexity index is 480. The summed E-state index contributed by atoms with van der Waals surface area (Å²) in [4.78, 5) is 11.2. The van der Waals surface area contributed by atoms with Crippen LogP contribution in [0.5, 0.6) is 0 Å². The van der Waals surface area contributed by atoms with Gasteiger partial charge in [-0.1, -0.05) is 0 Å². The second kappa shape index (κ2) is 8.84. The molecule has 12 nitrogen and oxygen atoms in total. The van der Waals surface area contributed by atoms with Crippen LogP contribution in [0.1, 0.15) is 6.92 Å². The van der Waals surface area contributed by atoms with Gasteiger partial charge in [-0.3, -0.25) is 4.79 Å². The van der Waals surface area contributed by atoms with Crippen molar-refractivity contribution < 1.29 is 54.8 Å². The minimum Gasteiger partial charge on any atom is -0.394 e. The van der Waals surface area contributed by atoms with Crippen LogP contribution in [0.15, 0.2) is 0 Å². The van der Waals surface area contributed by atoms with Gasteiger partial charge in [-0.15, -0.1) is 0 Å². The summed E-state index contributed by atoms with van der Waals surface area (Å²) in [5.41, 5.74) is 0. The molecule has 0 bridgehead atoms. The summed E-state index contributed by atoms with van der Waals surface area (Å²) < 4.78 is 15.7. The number of nitrogens with one attached hydrogen (secondary N) is 1. The van der Waals surface area contributed by atoms with E-state index in [0.29, 0.717) is 0 Å². The van der Waals surface area contributed by atoms with E-state index in [1.807, 2.05) is 0 Å². The van der Waals surface area contributed by atoms with Gasteiger partial charge in [0.05, 0.1) is 13.2 Å². The van der Waals surface area contributed by atoms with Crippen LogP contribution in [0.2, 0.25) is 0 Å². The molecule has 10 atom stereocenters. The minimum atomic E-state index is -1.63. The third kappa shape index (κ3) is 4.31. The number of amides is 1. The average molecular weight is 383 g/mol. The van der Waals surface area contributed by atoms with E-state index in [2.05, 4.69) is 5.32 Å². The van der Waals surface area contributed by atoms with Gasteiger partial charge in [-0.25, -0.2) is 0 Å². The van der Waals surface area contributed by atoms with Crippen molar-refractivity contribution in [2.24, 2.45) is 0 Å². The van der Waals surface area contributed by atoms with Gasteiger partial charge in [-0.05, 0) is 0 Å². The van der Waals surface area contributed by atoms with Crippen LogP contribution in [0.3, 0.4) is 0 Å². The fourth-order valence-corrected chi connectivity index (χ4v) is 3.00. The predicted molar refractivity (Wildman–Crippen MR) is 80.2 cm³/mol. The van der Waals surface area contributed by atoms with Crippen LogP contribution >= 0.6 is 0 Å². The lowest BCUT2D eigenvalue weighted by Gasteiger charge is -2.43. The van der Waals surface area contributed by atoms with Gasteiger partial charge < -0.3 is 55.3 Å². The molecule has 0 spiro atoms. The summed E-state index contributed by atoms with van der Waals surface area (Å²) in [6.07, 6.45) is -13.3. The van der Waals surface area contributed by atoms with Gasteiger partial charge in [-0.2, -0.15) is 0 Å². The number of ether oxygens (including phenoxy) is 3. The third-order valence-electron chi connectivity index (χ3n) is 4.36. The minimum absolute atomic E-state index is 0.559. The van der Waals surface area contributed by atoms with Crippen molar-refractivity contribution in [3.63, 3.8) is 0 Å². The summed E-state index contributed by atoms with van der Waals surface area (Å²) in [6.45, 7) is -0.236. The second-order valence-electron chi connectivity index (χ2n) is 6.27. The Balaban J connectivity index is 2.13. The van der Waals surface area contributed by atoms with Crippen molar-refractivity contribution >= 4 is 5.91 Å². The molecule has 2 fully saturated rings. The molecule has 0 aromatic carbocycles. The maximum atomic E-state index is 11.2. The largest absolute Gasteiger partial charge is 0.394 e. The Morgan fingerprint density at radius 3 is 2.31 bits per heavy atom. The first kappa shape index (κ1) is 21.4. The molecule has 26 heavy (non-hydrogen) atoms. The average Bonchev–Trinajstić information content (AvgIpc) is 2.88. The van der Waals surface area contributed by atoms with E-state index in [1.54, 1.807) is 0 Å². The zero-order valence-electron chi connectivity index (χ0n) is 14.0. The molecule has 2 heterocycles. The molecular formula is C14H25NO11. The summed E-state index contributed by atoms with van der Waals surface area (Å²) in [5, 5.41) is 70.4. The molecule has 2 rings (SSSR count). The summed E-state index contributed by atoms with van der Waals surface area (Å²) in [7, 11) is 0. The van der Waals surface area contributed by atoms with E-state index in [4.69, 9.17) is 19.3 Å². The lowest BCUT2D eigenvalue weighted by molar-refractivity contribution is -0.300. The number of aliphatic hydroxyl groups excluding tert-OH is 7. The monoisotopic (exact) mass is 383 g/mol. The molecule has 0 saturated carbocycles. The van der Waals surface area contributed by atoms with Gasteiger partial charge in [0.25, 0.3) is 0 Å². The Hall–Kier alpha value is -0.930. The van der Waals surface area contributed by atoms with Crippen LogP contribution in [-0.4, -0.2) is 116 Å². The molecule has 2 aliphatic rings. The maximum absolute atomic E-state index is 11.2. The van der Waals surface area contributed by atoms with Crippen LogP contribution < -0.4 is 5.32 Å². The summed E-state index contributed by atoms with van der Waals surface area (Å²) in [5.74, 6) is -0.559. The fraction of sp³-hybridized carbons (Fsp3) is 0.929. The van der Waals surface area contributed by atoms with Crippen LogP contribution in [0.25, 0.3) is 0 Å². The number of carbonyl (C=O) groups is 1.